The third kappa shape index (κ3) is 3.33. The van der Waals surface area contributed by atoms with E-state index in [4.69, 9.17) is 5.73 Å². The molecule has 0 bridgehead atoms. The van der Waals surface area contributed by atoms with Crippen LogP contribution in [0.4, 0.5) is 5.69 Å². The molecular formula is C14H13BrN2O2. The van der Waals surface area contributed by atoms with Gasteiger partial charge in [-0.15, -0.1) is 0 Å². The van der Waals surface area contributed by atoms with Gasteiger partial charge in [0.1, 0.15) is 11.8 Å². The van der Waals surface area contributed by atoms with Crippen molar-refractivity contribution in [3.8, 4) is 5.75 Å². The number of nitrogens with two attached hydrogens (primary N) is 1. The Balaban J connectivity index is 2.15. The Kier molecular flexibility index (Phi) is 4.19. The van der Waals surface area contributed by atoms with Gasteiger partial charge >= 0.3 is 0 Å². The van der Waals surface area contributed by atoms with Crippen LogP contribution < -0.4 is 11.1 Å². The molecule has 1 atom stereocenters. The van der Waals surface area contributed by atoms with Crippen molar-refractivity contribution in [1.29, 1.82) is 0 Å². The van der Waals surface area contributed by atoms with Gasteiger partial charge in [0.15, 0.2) is 0 Å². The molecule has 0 radical (unpaired) electrons. The van der Waals surface area contributed by atoms with Crippen molar-refractivity contribution >= 4 is 27.5 Å². The number of halogens is 1. The predicted molar refractivity (Wildman–Crippen MR) is 77.8 cm³/mol. The number of hydrogen-bond acceptors (Lipinski definition) is 3. The summed E-state index contributed by atoms with van der Waals surface area (Å²) in [5, 5.41) is 12.3. The molecule has 98 valence electrons. The second-order valence-corrected chi connectivity index (χ2v) is 4.95. The van der Waals surface area contributed by atoms with Gasteiger partial charge in [0.05, 0.1) is 5.69 Å². The van der Waals surface area contributed by atoms with Crippen LogP contribution in [-0.4, -0.2) is 11.0 Å². The fourth-order valence-corrected chi connectivity index (χ4v) is 1.99. The quantitative estimate of drug-likeness (QED) is 0.761. The highest BCUT2D eigenvalue weighted by molar-refractivity contribution is 9.10. The summed E-state index contributed by atoms with van der Waals surface area (Å²) in [5.74, 6) is -0.378. The van der Waals surface area contributed by atoms with E-state index in [2.05, 4.69) is 21.2 Å². The summed E-state index contributed by atoms with van der Waals surface area (Å²) in [6, 6.07) is 13.1. The highest BCUT2D eigenvalue weighted by Gasteiger charge is 2.16. The number of nitrogens with one attached hydrogen (secondary N) is 1. The Labute approximate surface area is 119 Å². The topological polar surface area (TPSA) is 75.4 Å². The second-order valence-electron chi connectivity index (χ2n) is 4.04. The zero-order chi connectivity index (χ0) is 13.8. The van der Waals surface area contributed by atoms with E-state index in [9.17, 15) is 9.90 Å². The third-order valence-electron chi connectivity index (χ3n) is 2.66. The Bertz CT molecular complexity index is 587. The molecule has 0 heterocycles. The predicted octanol–water partition coefficient (Wildman–Crippen LogP) is 2.79. The molecule has 2 aromatic carbocycles. The van der Waals surface area contributed by atoms with Gasteiger partial charge < -0.3 is 16.2 Å². The molecule has 0 saturated heterocycles. The van der Waals surface area contributed by atoms with Crippen LogP contribution in [0.25, 0.3) is 0 Å². The molecule has 0 saturated carbocycles. The van der Waals surface area contributed by atoms with Gasteiger partial charge in [0.2, 0.25) is 5.91 Å². The maximum absolute atomic E-state index is 12.0. The molecular weight excluding hydrogens is 308 g/mol. The number of aromatic hydroxyl groups is 1. The molecule has 19 heavy (non-hydrogen) atoms. The van der Waals surface area contributed by atoms with Crippen LogP contribution >= 0.6 is 15.9 Å². The SMILES string of the molecule is N[C@@H](C(=O)Nc1cc(Br)ccc1O)c1ccccc1. The average Bonchev–Trinajstić information content (AvgIpc) is 2.43. The highest BCUT2D eigenvalue weighted by Crippen LogP contribution is 2.27. The van der Waals surface area contributed by atoms with Crippen LogP contribution in [0.2, 0.25) is 0 Å². The van der Waals surface area contributed by atoms with Gasteiger partial charge in [0.25, 0.3) is 0 Å². The molecule has 0 aromatic heterocycles. The first-order valence-corrected chi connectivity index (χ1v) is 6.47. The Morgan fingerprint density at radius 3 is 2.58 bits per heavy atom. The van der Waals surface area contributed by atoms with Crippen LogP contribution in [0.15, 0.2) is 53.0 Å². The number of hydrogen-bond donors (Lipinski definition) is 3. The number of anilines is 1. The lowest BCUT2D eigenvalue weighted by molar-refractivity contribution is -0.117. The Morgan fingerprint density at radius 1 is 1.21 bits per heavy atom. The number of benzene rings is 2. The first kappa shape index (κ1) is 13.6. The maximum atomic E-state index is 12.0. The van der Waals surface area contributed by atoms with Gasteiger partial charge in [-0.05, 0) is 23.8 Å². The summed E-state index contributed by atoms with van der Waals surface area (Å²) in [4.78, 5) is 12.0. The molecule has 0 spiro atoms. The van der Waals surface area contributed by atoms with E-state index in [1.165, 1.54) is 6.07 Å². The van der Waals surface area contributed by atoms with Gasteiger partial charge in [-0.25, -0.2) is 0 Å². The smallest absolute Gasteiger partial charge is 0.245 e. The Morgan fingerprint density at radius 2 is 1.89 bits per heavy atom. The molecule has 4 N–H and O–H groups in total. The zero-order valence-corrected chi connectivity index (χ0v) is 11.6. The fraction of sp³-hybridized carbons (Fsp3) is 0.0714. The van der Waals surface area contributed by atoms with E-state index in [1.54, 1.807) is 24.3 Å². The van der Waals surface area contributed by atoms with Crippen molar-refractivity contribution in [3.05, 3.63) is 58.6 Å². The molecule has 0 aliphatic heterocycles. The van der Waals surface area contributed by atoms with E-state index in [1.807, 2.05) is 18.2 Å². The molecule has 2 rings (SSSR count). The third-order valence-corrected chi connectivity index (χ3v) is 3.15. The van der Waals surface area contributed by atoms with E-state index in [0.29, 0.717) is 5.69 Å². The summed E-state index contributed by atoms with van der Waals surface area (Å²) in [6.07, 6.45) is 0. The minimum Gasteiger partial charge on any atom is -0.506 e. The molecule has 0 aliphatic carbocycles. The van der Waals surface area contributed by atoms with Crippen LogP contribution in [0.3, 0.4) is 0 Å². The van der Waals surface area contributed by atoms with Gasteiger partial charge in [-0.2, -0.15) is 0 Å². The normalized spacial score (nSPS) is 11.9. The summed E-state index contributed by atoms with van der Waals surface area (Å²) < 4.78 is 0.758. The number of amides is 1. The lowest BCUT2D eigenvalue weighted by Gasteiger charge is -2.13. The van der Waals surface area contributed by atoms with Crippen molar-refractivity contribution in [1.82, 2.24) is 0 Å². The summed E-state index contributed by atoms with van der Waals surface area (Å²) in [5.41, 5.74) is 6.91. The van der Waals surface area contributed by atoms with E-state index < -0.39 is 6.04 Å². The first-order chi connectivity index (χ1) is 9.08. The second kappa shape index (κ2) is 5.86. The van der Waals surface area contributed by atoms with Crippen LogP contribution in [0.1, 0.15) is 11.6 Å². The number of phenolic OH excluding ortho intramolecular Hbond substituents is 1. The molecule has 0 aliphatic rings. The summed E-state index contributed by atoms with van der Waals surface area (Å²) >= 11 is 3.27. The van der Waals surface area contributed by atoms with Gasteiger partial charge in [-0.1, -0.05) is 46.3 Å². The van der Waals surface area contributed by atoms with Crippen molar-refractivity contribution < 1.29 is 9.90 Å². The monoisotopic (exact) mass is 320 g/mol. The Hall–Kier alpha value is -1.85. The number of rotatable bonds is 3. The van der Waals surface area contributed by atoms with E-state index in [-0.39, 0.29) is 11.7 Å². The van der Waals surface area contributed by atoms with Crippen molar-refractivity contribution in [2.75, 3.05) is 5.32 Å². The van der Waals surface area contributed by atoms with Gasteiger partial charge in [0, 0.05) is 4.47 Å². The van der Waals surface area contributed by atoms with Crippen molar-refractivity contribution in [2.45, 2.75) is 6.04 Å². The summed E-state index contributed by atoms with van der Waals surface area (Å²) in [7, 11) is 0. The van der Waals surface area contributed by atoms with Gasteiger partial charge in [-0.3, -0.25) is 4.79 Å². The van der Waals surface area contributed by atoms with Crippen molar-refractivity contribution in [2.24, 2.45) is 5.73 Å². The minimum atomic E-state index is -0.778. The minimum absolute atomic E-state index is 0.00295. The van der Waals surface area contributed by atoms with Crippen LogP contribution in [0.5, 0.6) is 5.75 Å². The lowest BCUT2D eigenvalue weighted by Crippen LogP contribution is -2.27. The highest BCUT2D eigenvalue weighted by atomic mass is 79.9. The standard InChI is InChI=1S/C14H13BrN2O2/c15-10-6-7-12(18)11(8-10)17-14(19)13(16)9-4-2-1-3-5-9/h1-8,13,18H,16H2,(H,17,19)/t13-/m1/s1. The fourth-order valence-electron chi connectivity index (χ4n) is 1.63. The van der Waals surface area contributed by atoms with Crippen molar-refractivity contribution in [3.63, 3.8) is 0 Å². The number of carbonyl (C=O) groups excluding carboxylic acids is 1. The van der Waals surface area contributed by atoms with Crippen LogP contribution in [0, 0.1) is 0 Å². The molecule has 0 unspecified atom stereocenters. The lowest BCUT2D eigenvalue weighted by atomic mass is 10.1. The largest absolute Gasteiger partial charge is 0.506 e. The molecule has 5 heteroatoms. The molecule has 2 aromatic rings. The molecule has 4 nitrogen and oxygen atoms in total. The number of phenols is 1. The zero-order valence-electron chi connectivity index (χ0n) is 10.0. The number of carbonyl (C=O) groups is 1. The summed E-state index contributed by atoms with van der Waals surface area (Å²) in [6.45, 7) is 0. The van der Waals surface area contributed by atoms with E-state index in [0.717, 1.165) is 10.0 Å². The molecule has 0 fully saturated rings. The maximum Gasteiger partial charge on any atom is 0.245 e. The van der Waals surface area contributed by atoms with E-state index >= 15 is 0 Å². The molecule has 1 amide bonds. The first-order valence-electron chi connectivity index (χ1n) is 5.68. The van der Waals surface area contributed by atoms with Crippen LogP contribution in [-0.2, 0) is 4.79 Å². The average molecular weight is 321 g/mol.